The molecule has 0 saturated carbocycles. The maximum absolute atomic E-state index is 11.7. The lowest BCUT2D eigenvalue weighted by Crippen LogP contribution is -2.35. The zero-order chi connectivity index (χ0) is 14.5. The van der Waals surface area contributed by atoms with Gasteiger partial charge in [0.15, 0.2) is 0 Å². The molecule has 2 heterocycles. The van der Waals surface area contributed by atoms with Crippen LogP contribution in [0.5, 0.6) is 0 Å². The number of hydrazine groups is 1. The van der Waals surface area contributed by atoms with E-state index in [9.17, 15) is 9.59 Å². The van der Waals surface area contributed by atoms with Gasteiger partial charge in [0, 0.05) is 23.7 Å². The Labute approximate surface area is 115 Å². The van der Waals surface area contributed by atoms with Crippen LogP contribution >= 0.6 is 0 Å². The second kappa shape index (κ2) is 5.96. The summed E-state index contributed by atoms with van der Waals surface area (Å²) in [5.74, 6) is -0.0442. The van der Waals surface area contributed by atoms with E-state index in [1.807, 2.05) is 19.9 Å². The molecule has 2 rings (SSSR count). The molecule has 0 fully saturated rings. The number of aryl methyl sites for hydroxylation is 2. The molecule has 0 atom stereocenters. The van der Waals surface area contributed by atoms with Gasteiger partial charge in [-0.25, -0.2) is 9.97 Å². The number of nitrogens with zero attached hydrogens (tertiary/aromatic N) is 3. The van der Waals surface area contributed by atoms with Gasteiger partial charge >= 0.3 is 0 Å². The van der Waals surface area contributed by atoms with E-state index < -0.39 is 0 Å². The lowest BCUT2D eigenvalue weighted by molar-refractivity contribution is -0.121. The highest BCUT2D eigenvalue weighted by atomic mass is 16.2. The van der Waals surface area contributed by atoms with Crippen LogP contribution in [0.1, 0.15) is 11.4 Å². The molecule has 2 aromatic rings. The van der Waals surface area contributed by atoms with Crippen LogP contribution in [-0.2, 0) is 11.3 Å². The lowest BCUT2D eigenvalue weighted by Gasteiger charge is -2.09. The van der Waals surface area contributed by atoms with Crippen LogP contribution < -0.4 is 16.4 Å². The molecule has 7 heteroatoms. The Kier molecular flexibility index (Phi) is 4.09. The zero-order valence-electron chi connectivity index (χ0n) is 11.3. The normalized spacial score (nSPS) is 10.1. The van der Waals surface area contributed by atoms with Crippen molar-refractivity contribution in [1.82, 2.24) is 20.0 Å². The average molecular weight is 273 g/mol. The fourth-order valence-electron chi connectivity index (χ4n) is 1.69. The maximum atomic E-state index is 11.7. The second-order valence-corrected chi connectivity index (χ2v) is 4.31. The van der Waals surface area contributed by atoms with Crippen LogP contribution in [0, 0.1) is 13.8 Å². The Hall–Kier alpha value is -2.70. The monoisotopic (exact) mass is 273 g/mol. The molecule has 0 aromatic carbocycles. The summed E-state index contributed by atoms with van der Waals surface area (Å²) < 4.78 is 1.30. The van der Waals surface area contributed by atoms with Gasteiger partial charge in [0.25, 0.3) is 11.5 Å². The van der Waals surface area contributed by atoms with Gasteiger partial charge in [-0.3, -0.25) is 20.4 Å². The number of rotatable bonds is 4. The zero-order valence-corrected chi connectivity index (χ0v) is 11.3. The number of carbonyl (C=O) groups excluding carboxylic acids is 1. The van der Waals surface area contributed by atoms with Crippen LogP contribution in [0.3, 0.4) is 0 Å². The first-order valence-corrected chi connectivity index (χ1v) is 6.07. The Morgan fingerprint density at radius 2 is 1.95 bits per heavy atom. The molecule has 0 saturated heterocycles. The van der Waals surface area contributed by atoms with Crippen molar-refractivity contribution in [1.29, 1.82) is 0 Å². The molecule has 0 bridgehead atoms. The molecule has 1 amide bonds. The van der Waals surface area contributed by atoms with E-state index in [2.05, 4.69) is 20.8 Å². The summed E-state index contributed by atoms with van der Waals surface area (Å²) in [5.41, 5.74) is 6.45. The summed E-state index contributed by atoms with van der Waals surface area (Å²) >= 11 is 0. The van der Waals surface area contributed by atoms with Gasteiger partial charge in [0.2, 0.25) is 5.95 Å². The summed E-state index contributed by atoms with van der Waals surface area (Å²) in [6.45, 7) is 3.61. The van der Waals surface area contributed by atoms with Crippen molar-refractivity contribution < 1.29 is 4.79 Å². The average Bonchev–Trinajstić information content (AvgIpc) is 2.38. The van der Waals surface area contributed by atoms with Crippen molar-refractivity contribution >= 4 is 11.9 Å². The van der Waals surface area contributed by atoms with Crippen molar-refractivity contribution in [2.75, 3.05) is 5.43 Å². The number of anilines is 1. The topological polar surface area (TPSA) is 88.9 Å². The van der Waals surface area contributed by atoms with E-state index >= 15 is 0 Å². The number of hydrogen-bond donors (Lipinski definition) is 2. The number of hydrogen-bond acceptors (Lipinski definition) is 5. The van der Waals surface area contributed by atoms with Gasteiger partial charge in [0.1, 0.15) is 6.54 Å². The van der Waals surface area contributed by atoms with Crippen LogP contribution in [-0.4, -0.2) is 20.4 Å². The number of amides is 1. The number of pyridine rings is 1. The van der Waals surface area contributed by atoms with E-state index in [-0.39, 0.29) is 18.0 Å². The second-order valence-electron chi connectivity index (χ2n) is 4.31. The molecule has 0 unspecified atom stereocenters. The van der Waals surface area contributed by atoms with Gasteiger partial charge in [0.05, 0.1) is 0 Å². The van der Waals surface area contributed by atoms with E-state index in [4.69, 9.17) is 0 Å². The first-order chi connectivity index (χ1) is 9.54. The Balaban J connectivity index is 1.96. The van der Waals surface area contributed by atoms with Crippen molar-refractivity contribution in [3.8, 4) is 0 Å². The minimum atomic E-state index is -0.360. The smallest absolute Gasteiger partial charge is 0.258 e. The molecular formula is C13H15N5O2. The predicted octanol–water partition coefficient (Wildman–Crippen LogP) is 0.398. The van der Waals surface area contributed by atoms with Gasteiger partial charge in [-0.2, -0.15) is 0 Å². The molecule has 2 aromatic heterocycles. The Morgan fingerprint density at radius 1 is 1.25 bits per heavy atom. The molecule has 2 N–H and O–H groups in total. The molecule has 0 aliphatic carbocycles. The fraction of sp³-hybridized carbons (Fsp3) is 0.231. The molecule has 0 aliphatic heterocycles. The van der Waals surface area contributed by atoms with Gasteiger partial charge in [-0.1, -0.05) is 6.07 Å². The molecule has 0 spiro atoms. The minimum absolute atomic E-state index is 0.0720. The molecule has 0 aliphatic rings. The predicted molar refractivity (Wildman–Crippen MR) is 74.0 cm³/mol. The molecule has 104 valence electrons. The van der Waals surface area contributed by atoms with Crippen molar-refractivity contribution in [2.45, 2.75) is 20.4 Å². The van der Waals surface area contributed by atoms with Gasteiger partial charge in [-0.05, 0) is 26.0 Å². The highest BCUT2D eigenvalue weighted by Gasteiger charge is 2.04. The first kappa shape index (κ1) is 13.7. The first-order valence-electron chi connectivity index (χ1n) is 6.07. The quantitative estimate of drug-likeness (QED) is 0.787. The van der Waals surface area contributed by atoms with Crippen molar-refractivity contribution in [3.05, 3.63) is 52.2 Å². The van der Waals surface area contributed by atoms with Crippen LogP contribution in [0.4, 0.5) is 5.95 Å². The van der Waals surface area contributed by atoms with Crippen LogP contribution in [0.15, 0.2) is 35.3 Å². The summed E-state index contributed by atoms with van der Waals surface area (Å²) in [6.07, 6.45) is 1.55. The van der Waals surface area contributed by atoms with E-state index in [0.717, 1.165) is 11.4 Å². The number of aromatic nitrogens is 3. The number of carbonyl (C=O) groups is 1. The van der Waals surface area contributed by atoms with Gasteiger partial charge in [-0.15, -0.1) is 0 Å². The SMILES string of the molecule is Cc1cc(C)nc(NNC(=O)Cn2ccccc2=O)n1. The maximum Gasteiger partial charge on any atom is 0.258 e. The third kappa shape index (κ3) is 3.64. The van der Waals surface area contributed by atoms with E-state index in [0.29, 0.717) is 5.95 Å². The summed E-state index contributed by atoms with van der Waals surface area (Å²) in [4.78, 5) is 31.4. The molecule has 0 radical (unpaired) electrons. The third-order valence-electron chi connectivity index (χ3n) is 2.51. The summed E-state index contributed by atoms with van der Waals surface area (Å²) in [7, 11) is 0. The summed E-state index contributed by atoms with van der Waals surface area (Å²) in [6, 6.07) is 6.54. The van der Waals surface area contributed by atoms with Crippen LogP contribution in [0.2, 0.25) is 0 Å². The highest BCUT2D eigenvalue weighted by molar-refractivity contribution is 5.76. The fourth-order valence-corrected chi connectivity index (χ4v) is 1.69. The molecular weight excluding hydrogens is 258 g/mol. The van der Waals surface area contributed by atoms with Crippen molar-refractivity contribution in [3.63, 3.8) is 0 Å². The Bertz CT molecular complexity index is 660. The third-order valence-corrected chi connectivity index (χ3v) is 2.51. The highest BCUT2D eigenvalue weighted by Crippen LogP contribution is 2.01. The van der Waals surface area contributed by atoms with Crippen molar-refractivity contribution in [2.24, 2.45) is 0 Å². The number of nitrogens with one attached hydrogen (secondary N) is 2. The molecule has 20 heavy (non-hydrogen) atoms. The Morgan fingerprint density at radius 3 is 2.60 bits per heavy atom. The molecule has 7 nitrogen and oxygen atoms in total. The lowest BCUT2D eigenvalue weighted by atomic mass is 10.4. The van der Waals surface area contributed by atoms with Gasteiger partial charge < -0.3 is 4.57 Å². The van der Waals surface area contributed by atoms with E-state index in [1.54, 1.807) is 18.3 Å². The minimum Gasteiger partial charge on any atom is -0.306 e. The van der Waals surface area contributed by atoms with Crippen LogP contribution in [0.25, 0.3) is 0 Å². The van der Waals surface area contributed by atoms with E-state index in [1.165, 1.54) is 10.6 Å². The summed E-state index contributed by atoms with van der Waals surface area (Å²) in [5, 5.41) is 0. The largest absolute Gasteiger partial charge is 0.306 e. The standard InChI is InChI=1S/C13H15N5O2/c1-9-7-10(2)15-13(14-9)17-16-11(19)8-18-6-4-3-5-12(18)20/h3-7H,8H2,1-2H3,(H,16,19)(H,14,15,17).